The Morgan fingerprint density at radius 2 is 2.29 bits per heavy atom. The highest BCUT2D eigenvalue weighted by molar-refractivity contribution is 4.99. The maximum atomic E-state index is 9.49. The SMILES string of the molecule is C[C@@H](O)c1cnnn1C1CCOCC1. The molecule has 2 rings (SSSR count). The second-order valence-electron chi connectivity index (χ2n) is 3.62. The number of hydrogen-bond donors (Lipinski definition) is 1. The summed E-state index contributed by atoms with van der Waals surface area (Å²) in [5, 5.41) is 17.3. The fourth-order valence-electron chi connectivity index (χ4n) is 1.76. The van der Waals surface area contributed by atoms with E-state index in [4.69, 9.17) is 4.74 Å². The molecular weight excluding hydrogens is 182 g/mol. The molecule has 5 nitrogen and oxygen atoms in total. The Morgan fingerprint density at radius 1 is 1.57 bits per heavy atom. The second-order valence-corrected chi connectivity index (χ2v) is 3.62. The predicted molar refractivity (Wildman–Crippen MR) is 49.7 cm³/mol. The third-order valence-electron chi connectivity index (χ3n) is 2.57. The molecule has 1 aliphatic heterocycles. The summed E-state index contributed by atoms with van der Waals surface area (Å²) in [4.78, 5) is 0. The number of hydrogen-bond acceptors (Lipinski definition) is 4. The summed E-state index contributed by atoms with van der Waals surface area (Å²) >= 11 is 0. The molecule has 1 saturated heterocycles. The maximum Gasteiger partial charge on any atom is 0.0945 e. The summed E-state index contributed by atoms with van der Waals surface area (Å²) in [7, 11) is 0. The number of nitrogens with zero attached hydrogens (tertiary/aromatic N) is 3. The van der Waals surface area contributed by atoms with Crippen LogP contribution >= 0.6 is 0 Å². The summed E-state index contributed by atoms with van der Waals surface area (Å²) in [6.45, 7) is 3.27. The van der Waals surface area contributed by atoms with Gasteiger partial charge in [0.15, 0.2) is 0 Å². The monoisotopic (exact) mass is 197 g/mol. The highest BCUT2D eigenvalue weighted by atomic mass is 16.5. The fraction of sp³-hybridized carbons (Fsp3) is 0.778. The van der Waals surface area contributed by atoms with E-state index in [1.807, 2.05) is 4.68 Å². The van der Waals surface area contributed by atoms with Crippen LogP contribution in [0.3, 0.4) is 0 Å². The van der Waals surface area contributed by atoms with E-state index in [0.29, 0.717) is 6.04 Å². The van der Waals surface area contributed by atoms with Gasteiger partial charge in [-0.2, -0.15) is 0 Å². The molecule has 0 spiro atoms. The van der Waals surface area contributed by atoms with Gasteiger partial charge in [0.1, 0.15) is 0 Å². The van der Waals surface area contributed by atoms with Crippen molar-refractivity contribution in [1.82, 2.24) is 15.0 Å². The molecule has 0 amide bonds. The molecule has 78 valence electrons. The molecule has 1 fully saturated rings. The fourth-order valence-corrected chi connectivity index (χ4v) is 1.76. The predicted octanol–water partition coefficient (Wildman–Crippen LogP) is 0.683. The van der Waals surface area contributed by atoms with E-state index < -0.39 is 6.10 Å². The molecule has 1 aromatic heterocycles. The van der Waals surface area contributed by atoms with Gasteiger partial charge in [0.05, 0.1) is 24.0 Å². The number of aliphatic hydroxyl groups excluding tert-OH is 1. The van der Waals surface area contributed by atoms with Gasteiger partial charge >= 0.3 is 0 Å². The van der Waals surface area contributed by atoms with Crippen LogP contribution in [-0.2, 0) is 4.74 Å². The molecular formula is C9H15N3O2. The minimum atomic E-state index is -0.507. The first-order valence-electron chi connectivity index (χ1n) is 4.95. The van der Waals surface area contributed by atoms with E-state index in [2.05, 4.69) is 10.3 Å². The van der Waals surface area contributed by atoms with Crippen molar-refractivity contribution in [2.45, 2.75) is 31.9 Å². The Bertz CT molecular complexity index is 292. The van der Waals surface area contributed by atoms with Crippen LogP contribution in [-0.4, -0.2) is 33.3 Å². The van der Waals surface area contributed by atoms with Gasteiger partial charge < -0.3 is 9.84 Å². The van der Waals surface area contributed by atoms with Crippen molar-refractivity contribution >= 4 is 0 Å². The summed E-state index contributed by atoms with van der Waals surface area (Å²) in [5.41, 5.74) is 0.789. The van der Waals surface area contributed by atoms with E-state index in [-0.39, 0.29) is 0 Å². The minimum Gasteiger partial charge on any atom is -0.387 e. The van der Waals surface area contributed by atoms with Gasteiger partial charge in [0, 0.05) is 13.2 Å². The Labute approximate surface area is 82.7 Å². The first kappa shape index (κ1) is 9.61. The largest absolute Gasteiger partial charge is 0.387 e. The third-order valence-corrected chi connectivity index (χ3v) is 2.57. The van der Waals surface area contributed by atoms with Crippen molar-refractivity contribution in [2.24, 2.45) is 0 Å². The number of rotatable bonds is 2. The van der Waals surface area contributed by atoms with Crippen molar-refractivity contribution < 1.29 is 9.84 Å². The zero-order valence-electron chi connectivity index (χ0n) is 8.26. The summed E-state index contributed by atoms with van der Waals surface area (Å²) in [6.07, 6.45) is 3.01. The van der Waals surface area contributed by atoms with Gasteiger partial charge in [0.2, 0.25) is 0 Å². The van der Waals surface area contributed by atoms with E-state index in [1.54, 1.807) is 13.1 Å². The molecule has 14 heavy (non-hydrogen) atoms. The highest BCUT2D eigenvalue weighted by Gasteiger charge is 2.20. The molecule has 5 heteroatoms. The number of ether oxygens (including phenoxy) is 1. The van der Waals surface area contributed by atoms with Crippen molar-refractivity contribution in [3.05, 3.63) is 11.9 Å². The van der Waals surface area contributed by atoms with Crippen LogP contribution in [0.25, 0.3) is 0 Å². The first-order chi connectivity index (χ1) is 6.79. The van der Waals surface area contributed by atoms with Gasteiger partial charge in [-0.1, -0.05) is 5.21 Å². The normalized spacial score (nSPS) is 21.0. The van der Waals surface area contributed by atoms with Crippen LogP contribution < -0.4 is 0 Å². The highest BCUT2D eigenvalue weighted by Crippen LogP contribution is 2.23. The van der Waals surface area contributed by atoms with Crippen molar-refractivity contribution in [1.29, 1.82) is 0 Å². The molecule has 1 N–H and O–H groups in total. The lowest BCUT2D eigenvalue weighted by molar-refractivity contribution is 0.0619. The van der Waals surface area contributed by atoms with Crippen LogP contribution in [0.4, 0.5) is 0 Å². The lowest BCUT2D eigenvalue weighted by atomic mass is 10.1. The van der Waals surface area contributed by atoms with Crippen LogP contribution in [0.15, 0.2) is 6.20 Å². The van der Waals surface area contributed by atoms with Crippen molar-refractivity contribution in [3.8, 4) is 0 Å². The number of aliphatic hydroxyl groups is 1. The Kier molecular flexibility index (Phi) is 2.79. The molecule has 0 saturated carbocycles. The van der Waals surface area contributed by atoms with Crippen LogP contribution in [0.1, 0.15) is 37.6 Å². The zero-order chi connectivity index (χ0) is 9.97. The molecule has 0 aromatic carbocycles. The lowest BCUT2D eigenvalue weighted by Crippen LogP contribution is -2.22. The molecule has 1 atom stereocenters. The van der Waals surface area contributed by atoms with Gasteiger partial charge in [-0.3, -0.25) is 0 Å². The topological polar surface area (TPSA) is 60.2 Å². The summed E-state index contributed by atoms with van der Waals surface area (Å²) in [6, 6.07) is 0.329. The molecule has 0 aliphatic carbocycles. The van der Waals surface area contributed by atoms with Gasteiger partial charge in [-0.05, 0) is 19.8 Å². The summed E-state index contributed by atoms with van der Waals surface area (Å²) in [5.74, 6) is 0. The molecule has 0 unspecified atom stereocenters. The van der Waals surface area contributed by atoms with Crippen molar-refractivity contribution in [2.75, 3.05) is 13.2 Å². The van der Waals surface area contributed by atoms with Crippen LogP contribution in [0, 0.1) is 0 Å². The lowest BCUT2D eigenvalue weighted by Gasteiger charge is -2.23. The van der Waals surface area contributed by atoms with Gasteiger partial charge in [0.25, 0.3) is 0 Å². The second kappa shape index (κ2) is 4.06. The van der Waals surface area contributed by atoms with E-state index in [1.165, 1.54) is 0 Å². The average Bonchev–Trinajstić information content (AvgIpc) is 2.67. The molecule has 1 aromatic rings. The third kappa shape index (κ3) is 1.78. The molecule has 0 radical (unpaired) electrons. The van der Waals surface area contributed by atoms with Crippen LogP contribution in [0.5, 0.6) is 0 Å². The zero-order valence-corrected chi connectivity index (χ0v) is 8.26. The van der Waals surface area contributed by atoms with E-state index >= 15 is 0 Å². The molecule has 0 bridgehead atoms. The van der Waals surface area contributed by atoms with E-state index in [9.17, 15) is 5.11 Å². The average molecular weight is 197 g/mol. The standard InChI is InChI=1S/C9H15N3O2/c1-7(13)9-6-10-11-12(9)8-2-4-14-5-3-8/h6-8,13H,2-5H2,1H3/t7-/m1/s1. The van der Waals surface area contributed by atoms with E-state index in [0.717, 1.165) is 31.7 Å². The van der Waals surface area contributed by atoms with Gasteiger partial charge in [-0.15, -0.1) is 5.10 Å². The Hall–Kier alpha value is -0.940. The molecule has 2 heterocycles. The maximum absolute atomic E-state index is 9.49. The van der Waals surface area contributed by atoms with Crippen LogP contribution in [0.2, 0.25) is 0 Å². The summed E-state index contributed by atoms with van der Waals surface area (Å²) < 4.78 is 7.10. The Balaban J connectivity index is 2.17. The van der Waals surface area contributed by atoms with Gasteiger partial charge in [-0.25, -0.2) is 4.68 Å². The first-order valence-corrected chi connectivity index (χ1v) is 4.95. The molecule has 1 aliphatic rings. The van der Waals surface area contributed by atoms with Crippen molar-refractivity contribution in [3.63, 3.8) is 0 Å². The number of aromatic nitrogens is 3. The Morgan fingerprint density at radius 3 is 2.93 bits per heavy atom. The minimum absolute atomic E-state index is 0.329. The quantitative estimate of drug-likeness (QED) is 0.757. The smallest absolute Gasteiger partial charge is 0.0945 e.